The van der Waals surface area contributed by atoms with Crippen molar-refractivity contribution in [3.05, 3.63) is 71.0 Å². The largest absolute Gasteiger partial charge is 0.385 e. The van der Waals surface area contributed by atoms with Crippen LogP contribution in [0.4, 0.5) is 13.2 Å². The third kappa shape index (κ3) is 2.96. The quantitative estimate of drug-likeness (QED) is 0.900. The van der Waals surface area contributed by atoms with E-state index in [0.29, 0.717) is 5.56 Å². The Bertz CT molecular complexity index is 594. The molecule has 0 heterocycles. The summed E-state index contributed by atoms with van der Waals surface area (Å²) in [6.07, 6.45) is -0.00880. The number of aliphatic hydroxyl groups is 1. The second-order valence-corrected chi connectivity index (χ2v) is 4.68. The van der Waals surface area contributed by atoms with Crippen LogP contribution in [-0.4, -0.2) is 5.11 Å². The van der Waals surface area contributed by atoms with Gasteiger partial charge in [0, 0.05) is 12.0 Å². The van der Waals surface area contributed by atoms with Crippen LogP contribution in [0.5, 0.6) is 0 Å². The van der Waals surface area contributed by atoms with Gasteiger partial charge >= 0.3 is 0 Å². The molecule has 2 aromatic carbocycles. The predicted octanol–water partition coefficient (Wildman–Crippen LogP) is 3.55. The van der Waals surface area contributed by atoms with Crippen molar-refractivity contribution in [3.8, 4) is 0 Å². The van der Waals surface area contributed by atoms with Crippen molar-refractivity contribution < 1.29 is 18.3 Å². The van der Waals surface area contributed by atoms with Crippen LogP contribution in [0, 0.1) is 17.5 Å². The SMILES string of the molecule is CC(O)(Cc1ccc(F)c(F)c1)c1ccccc1F. The van der Waals surface area contributed by atoms with Gasteiger partial charge in [-0.1, -0.05) is 24.3 Å². The molecule has 2 aromatic rings. The van der Waals surface area contributed by atoms with E-state index in [1.165, 1.54) is 31.2 Å². The molecule has 0 aromatic heterocycles. The summed E-state index contributed by atoms with van der Waals surface area (Å²) in [4.78, 5) is 0. The van der Waals surface area contributed by atoms with Crippen molar-refractivity contribution in [1.29, 1.82) is 0 Å². The molecule has 4 heteroatoms. The van der Waals surface area contributed by atoms with Gasteiger partial charge in [-0.15, -0.1) is 0 Å². The Morgan fingerprint density at radius 3 is 2.26 bits per heavy atom. The Morgan fingerprint density at radius 2 is 1.63 bits per heavy atom. The summed E-state index contributed by atoms with van der Waals surface area (Å²) in [5.74, 6) is -2.47. The first-order valence-electron chi connectivity index (χ1n) is 5.81. The van der Waals surface area contributed by atoms with Crippen LogP contribution in [0.1, 0.15) is 18.1 Å². The zero-order valence-electron chi connectivity index (χ0n) is 10.3. The highest BCUT2D eigenvalue weighted by atomic mass is 19.2. The van der Waals surface area contributed by atoms with E-state index in [-0.39, 0.29) is 12.0 Å². The first-order valence-corrected chi connectivity index (χ1v) is 5.81. The van der Waals surface area contributed by atoms with Crippen molar-refractivity contribution in [3.63, 3.8) is 0 Å². The molecule has 1 atom stereocenters. The van der Waals surface area contributed by atoms with Crippen LogP contribution < -0.4 is 0 Å². The van der Waals surface area contributed by atoms with Crippen molar-refractivity contribution in [2.75, 3.05) is 0 Å². The van der Waals surface area contributed by atoms with Crippen molar-refractivity contribution >= 4 is 0 Å². The maximum absolute atomic E-state index is 13.6. The summed E-state index contributed by atoms with van der Waals surface area (Å²) in [7, 11) is 0. The topological polar surface area (TPSA) is 20.2 Å². The lowest BCUT2D eigenvalue weighted by atomic mass is 9.88. The van der Waals surface area contributed by atoms with E-state index in [1.54, 1.807) is 6.07 Å². The lowest BCUT2D eigenvalue weighted by molar-refractivity contribution is 0.0537. The van der Waals surface area contributed by atoms with Crippen molar-refractivity contribution in [2.45, 2.75) is 18.9 Å². The summed E-state index contributed by atoms with van der Waals surface area (Å²) in [6, 6.07) is 9.20. The summed E-state index contributed by atoms with van der Waals surface area (Å²) in [6.45, 7) is 1.44. The third-order valence-corrected chi connectivity index (χ3v) is 2.99. The monoisotopic (exact) mass is 266 g/mol. The van der Waals surface area contributed by atoms with Gasteiger partial charge in [-0.3, -0.25) is 0 Å². The number of halogens is 3. The molecule has 0 aliphatic heterocycles. The van der Waals surface area contributed by atoms with Crippen LogP contribution in [0.15, 0.2) is 42.5 Å². The maximum atomic E-state index is 13.6. The minimum absolute atomic E-state index is 0.00880. The van der Waals surface area contributed by atoms with E-state index >= 15 is 0 Å². The molecule has 0 radical (unpaired) electrons. The highest BCUT2D eigenvalue weighted by Crippen LogP contribution is 2.27. The lowest BCUT2D eigenvalue weighted by Crippen LogP contribution is -2.25. The van der Waals surface area contributed by atoms with Crippen LogP contribution >= 0.6 is 0 Å². The van der Waals surface area contributed by atoms with Gasteiger partial charge in [0.25, 0.3) is 0 Å². The average Bonchev–Trinajstić information content (AvgIpc) is 2.34. The summed E-state index contributed by atoms with van der Waals surface area (Å²) in [5.41, 5.74) is -0.970. The highest BCUT2D eigenvalue weighted by Gasteiger charge is 2.26. The molecule has 1 N–H and O–H groups in total. The molecule has 1 unspecified atom stereocenters. The molecule has 0 aliphatic rings. The molecule has 2 rings (SSSR count). The van der Waals surface area contributed by atoms with E-state index in [0.717, 1.165) is 12.1 Å². The molecule has 1 nitrogen and oxygen atoms in total. The first kappa shape index (κ1) is 13.6. The first-order chi connectivity index (χ1) is 8.90. The average molecular weight is 266 g/mol. The van der Waals surface area contributed by atoms with Crippen molar-refractivity contribution in [2.24, 2.45) is 0 Å². The van der Waals surface area contributed by atoms with E-state index in [4.69, 9.17) is 0 Å². The van der Waals surface area contributed by atoms with Gasteiger partial charge in [0.05, 0.1) is 5.60 Å². The molecule has 0 aliphatic carbocycles. The van der Waals surface area contributed by atoms with Crippen molar-refractivity contribution in [1.82, 2.24) is 0 Å². The Balaban J connectivity index is 2.31. The van der Waals surface area contributed by atoms with E-state index in [2.05, 4.69) is 0 Å². The molecule has 0 bridgehead atoms. The number of hydrogen-bond acceptors (Lipinski definition) is 1. The lowest BCUT2D eigenvalue weighted by Gasteiger charge is -2.24. The number of hydrogen-bond donors (Lipinski definition) is 1. The molecular formula is C15H13F3O. The summed E-state index contributed by atoms with van der Waals surface area (Å²) >= 11 is 0. The smallest absolute Gasteiger partial charge is 0.159 e. The minimum atomic E-state index is -1.49. The van der Waals surface area contributed by atoms with Crippen LogP contribution in [0.25, 0.3) is 0 Å². The molecule has 0 amide bonds. The van der Waals surface area contributed by atoms with Gasteiger partial charge in [-0.05, 0) is 30.7 Å². The van der Waals surface area contributed by atoms with Gasteiger partial charge in [0.2, 0.25) is 0 Å². The van der Waals surface area contributed by atoms with E-state index in [1.807, 2.05) is 0 Å². The standard InChI is InChI=1S/C15H13F3O/c1-15(19,11-4-2-3-5-12(11)16)9-10-6-7-13(17)14(18)8-10/h2-8,19H,9H2,1H3. The second-order valence-electron chi connectivity index (χ2n) is 4.68. The Morgan fingerprint density at radius 1 is 0.947 bits per heavy atom. The Kier molecular flexibility index (Phi) is 3.62. The fourth-order valence-electron chi connectivity index (χ4n) is 2.04. The van der Waals surface area contributed by atoms with E-state index < -0.39 is 23.1 Å². The van der Waals surface area contributed by atoms with Gasteiger partial charge in [-0.25, -0.2) is 13.2 Å². The predicted molar refractivity (Wildman–Crippen MR) is 66.0 cm³/mol. The van der Waals surface area contributed by atoms with Crippen LogP contribution in [-0.2, 0) is 12.0 Å². The molecule has 19 heavy (non-hydrogen) atoms. The number of rotatable bonds is 3. The fourth-order valence-corrected chi connectivity index (χ4v) is 2.04. The minimum Gasteiger partial charge on any atom is -0.385 e. The Hall–Kier alpha value is -1.81. The maximum Gasteiger partial charge on any atom is 0.159 e. The summed E-state index contributed by atoms with van der Waals surface area (Å²) < 4.78 is 39.6. The fraction of sp³-hybridized carbons (Fsp3) is 0.200. The van der Waals surface area contributed by atoms with E-state index in [9.17, 15) is 18.3 Å². The summed E-state index contributed by atoms with van der Waals surface area (Å²) in [5, 5.41) is 10.3. The third-order valence-electron chi connectivity index (χ3n) is 2.99. The number of benzene rings is 2. The molecule has 100 valence electrons. The highest BCUT2D eigenvalue weighted by molar-refractivity contribution is 5.28. The zero-order chi connectivity index (χ0) is 14.0. The van der Waals surface area contributed by atoms with Gasteiger partial charge in [-0.2, -0.15) is 0 Å². The van der Waals surface area contributed by atoms with Crippen LogP contribution in [0.3, 0.4) is 0 Å². The normalized spacial score (nSPS) is 14.2. The molecule has 0 fully saturated rings. The van der Waals surface area contributed by atoms with Gasteiger partial charge in [0.15, 0.2) is 11.6 Å². The zero-order valence-corrected chi connectivity index (χ0v) is 10.3. The molecule has 0 spiro atoms. The van der Waals surface area contributed by atoms with Gasteiger partial charge < -0.3 is 5.11 Å². The second kappa shape index (κ2) is 5.05. The molecular weight excluding hydrogens is 253 g/mol. The van der Waals surface area contributed by atoms with Crippen LogP contribution in [0.2, 0.25) is 0 Å². The van der Waals surface area contributed by atoms with Gasteiger partial charge in [0.1, 0.15) is 5.82 Å². The Labute approximate surface area is 109 Å². The molecule has 0 saturated carbocycles. The molecule has 0 saturated heterocycles.